The molecule has 26 heavy (non-hydrogen) atoms. The lowest BCUT2D eigenvalue weighted by Crippen LogP contribution is -2.32. The molecule has 0 saturated heterocycles. The van der Waals surface area contributed by atoms with E-state index in [4.69, 9.17) is 20.0 Å². The minimum absolute atomic E-state index is 0.0306. The minimum atomic E-state index is -0.614. The maximum absolute atomic E-state index is 11.7. The number of thioether (sulfide) groups is 1. The monoisotopic (exact) mass is 388 g/mol. The summed E-state index contributed by atoms with van der Waals surface area (Å²) in [6.45, 7) is 7.80. The first-order valence-electron chi connectivity index (χ1n) is 8.79. The van der Waals surface area contributed by atoms with Crippen LogP contribution < -0.4 is 5.73 Å². The second-order valence-electron chi connectivity index (χ2n) is 6.25. The lowest BCUT2D eigenvalue weighted by atomic mass is 9.86. The van der Waals surface area contributed by atoms with E-state index in [1.54, 1.807) is 13.8 Å². The third-order valence-electron chi connectivity index (χ3n) is 3.54. The zero-order valence-corrected chi connectivity index (χ0v) is 17.3. The number of carbonyl (C=O) groups excluding carboxylic acids is 2. The van der Waals surface area contributed by atoms with Crippen LogP contribution >= 0.6 is 11.8 Å². The Kier molecular flexibility index (Phi) is 12.6. The second-order valence-corrected chi connectivity index (χ2v) is 7.23. The van der Waals surface area contributed by atoms with E-state index in [0.29, 0.717) is 5.84 Å². The van der Waals surface area contributed by atoms with Gasteiger partial charge in [-0.25, -0.2) is 4.79 Å². The summed E-state index contributed by atoms with van der Waals surface area (Å²) in [5, 5.41) is 3.93. The van der Waals surface area contributed by atoms with E-state index in [0.717, 1.165) is 31.1 Å². The van der Waals surface area contributed by atoms with Crippen LogP contribution in [0.1, 0.15) is 53.4 Å². The van der Waals surface area contributed by atoms with Gasteiger partial charge in [0, 0.05) is 5.41 Å². The fraction of sp³-hybridized carbons (Fsp3) is 0.722. The number of carbonyl (C=O) groups is 2. The van der Waals surface area contributed by atoms with Gasteiger partial charge in [-0.15, -0.1) is 0 Å². The number of rotatable bonds is 13. The molecule has 0 saturated carbocycles. The van der Waals surface area contributed by atoms with Crippen LogP contribution in [0.3, 0.4) is 0 Å². The molecule has 7 nitrogen and oxygen atoms in total. The van der Waals surface area contributed by atoms with E-state index in [2.05, 4.69) is 11.4 Å². The van der Waals surface area contributed by atoms with Gasteiger partial charge in [-0.2, -0.15) is 11.8 Å². The number of nitrogens with zero attached hydrogens (tertiary/aromatic N) is 1. The molecule has 0 amide bonds. The van der Waals surface area contributed by atoms with E-state index in [1.807, 2.05) is 25.6 Å². The van der Waals surface area contributed by atoms with Crippen molar-refractivity contribution >= 4 is 29.5 Å². The van der Waals surface area contributed by atoms with Crippen molar-refractivity contribution in [3.05, 3.63) is 11.8 Å². The van der Waals surface area contributed by atoms with Gasteiger partial charge < -0.3 is 20.0 Å². The number of unbranched alkanes of at least 4 members (excludes halogenated alkanes) is 1. The quantitative estimate of drug-likeness (QED) is 0.0983. The largest absolute Gasteiger partial charge is 0.466 e. The zero-order chi connectivity index (χ0) is 20.0. The molecule has 0 bridgehead atoms. The van der Waals surface area contributed by atoms with Crippen LogP contribution in [-0.4, -0.2) is 43.0 Å². The number of hydrogen-bond donors (Lipinski definition) is 1. The predicted octanol–water partition coefficient (Wildman–Crippen LogP) is 3.23. The van der Waals surface area contributed by atoms with Crippen molar-refractivity contribution in [3.8, 4) is 0 Å². The van der Waals surface area contributed by atoms with Gasteiger partial charge in [0.15, 0.2) is 5.76 Å². The Morgan fingerprint density at radius 1 is 1.15 bits per heavy atom. The van der Waals surface area contributed by atoms with Gasteiger partial charge in [-0.3, -0.25) is 4.79 Å². The fourth-order valence-electron chi connectivity index (χ4n) is 1.95. The topological polar surface area (TPSA) is 100 Å². The Bertz CT molecular complexity index is 504. The summed E-state index contributed by atoms with van der Waals surface area (Å²) in [6.07, 6.45) is 5.94. The van der Waals surface area contributed by atoms with Crippen LogP contribution in [0.2, 0.25) is 0 Å². The molecule has 0 aromatic heterocycles. The standard InChI is InChI=1S/C18H32N2O5S/c1-6-23-15(21)12-14(13-16(22)24-7-2)25-20-17(19)18(3,4)10-8-9-11-26-5/h12H,6-11,13H2,1-5H3,(H2,19,20)/b14-12+. The van der Waals surface area contributed by atoms with E-state index in [-0.39, 0.29) is 30.8 Å². The Balaban J connectivity index is 4.97. The van der Waals surface area contributed by atoms with Crippen LogP contribution in [0, 0.1) is 5.41 Å². The molecule has 0 spiro atoms. The van der Waals surface area contributed by atoms with Gasteiger partial charge in [-0.1, -0.05) is 25.4 Å². The first-order chi connectivity index (χ1) is 12.3. The Morgan fingerprint density at radius 3 is 2.38 bits per heavy atom. The molecule has 0 heterocycles. The molecule has 0 aromatic rings. The zero-order valence-electron chi connectivity index (χ0n) is 16.5. The van der Waals surface area contributed by atoms with Crippen molar-refractivity contribution < 1.29 is 23.9 Å². The maximum Gasteiger partial charge on any atom is 0.334 e. The summed E-state index contributed by atoms with van der Waals surface area (Å²) in [4.78, 5) is 28.6. The summed E-state index contributed by atoms with van der Waals surface area (Å²) < 4.78 is 9.71. The molecule has 0 aromatic carbocycles. The minimum Gasteiger partial charge on any atom is -0.466 e. The highest BCUT2D eigenvalue weighted by atomic mass is 32.2. The third kappa shape index (κ3) is 11.0. The molecule has 0 radical (unpaired) electrons. The molecular weight excluding hydrogens is 356 g/mol. The summed E-state index contributed by atoms with van der Waals surface area (Å²) >= 11 is 1.81. The van der Waals surface area contributed by atoms with Gasteiger partial charge >= 0.3 is 11.9 Å². The molecule has 2 N–H and O–H groups in total. The molecule has 0 aliphatic rings. The van der Waals surface area contributed by atoms with Gasteiger partial charge in [0.25, 0.3) is 0 Å². The lowest BCUT2D eigenvalue weighted by Gasteiger charge is -2.23. The smallest absolute Gasteiger partial charge is 0.334 e. The van der Waals surface area contributed by atoms with Crippen molar-refractivity contribution in [2.75, 3.05) is 25.2 Å². The molecule has 0 atom stereocenters. The number of hydrogen-bond acceptors (Lipinski definition) is 7. The third-order valence-corrected chi connectivity index (χ3v) is 4.24. The molecule has 150 valence electrons. The Hall–Kier alpha value is -1.70. The normalized spacial score (nSPS) is 12.7. The highest BCUT2D eigenvalue weighted by Crippen LogP contribution is 2.24. The van der Waals surface area contributed by atoms with Crippen molar-refractivity contribution in [2.45, 2.75) is 53.4 Å². The van der Waals surface area contributed by atoms with Crippen LogP contribution in [0.4, 0.5) is 0 Å². The number of ether oxygens (including phenoxy) is 2. The van der Waals surface area contributed by atoms with E-state index in [9.17, 15) is 9.59 Å². The van der Waals surface area contributed by atoms with Crippen LogP contribution in [-0.2, 0) is 23.9 Å². The fourth-order valence-corrected chi connectivity index (χ4v) is 2.44. The van der Waals surface area contributed by atoms with Crippen molar-refractivity contribution in [3.63, 3.8) is 0 Å². The number of esters is 2. The number of oxime groups is 1. The molecule has 0 aliphatic heterocycles. The summed E-state index contributed by atoms with van der Waals surface area (Å²) in [6, 6.07) is 0. The van der Waals surface area contributed by atoms with Gasteiger partial charge in [0.1, 0.15) is 12.3 Å². The molecule has 0 unspecified atom stereocenters. The van der Waals surface area contributed by atoms with E-state index < -0.39 is 11.9 Å². The van der Waals surface area contributed by atoms with Crippen molar-refractivity contribution in [2.24, 2.45) is 16.3 Å². The average Bonchev–Trinajstić information content (AvgIpc) is 2.56. The van der Waals surface area contributed by atoms with E-state index >= 15 is 0 Å². The highest BCUT2D eigenvalue weighted by molar-refractivity contribution is 7.98. The average molecular weight is 389 g/mol. The van der Waals surface area contributed by atoms with Gasteiger partial charge in [0.2, 0.25) is 0 Å². The number of amidine groups is 1. The lowest BCUT2D eigenvalue weighted by molar-refractivity contribution is -0.143. The highest BCUT2D eigenvalue weighted by Gasteiger charge is 2.23. The Labute approximate surface area is 160 Å². The summed E-state index contributed by atoms with van der Waals surface area (Å²) in [7, 11) is 0. The second kappa shape index (κ2) is 13.5. The van der Waals surface area contributed by atoms with E-state index in [1.165, 1.54) is 0 Å². The molecule has 0 fully saturated rings. The SMILES string of the molecule is CCOC(=O)/C=C(\CC(=O)OCC)ON=C(N)C(C)(C)CCCCSC. The van der Waals surface area contributed by atoms with Gasteiger partial charge in [-0.05, 0) is 38.7 Å². The first kappa shape index (κ1) is 24.3. The van der Waals surface area contributed by atoms with Gasteiger partial charge in [0.05, 0.1) is 19.3 Å². The maximum atomic E-state index is 11.7. The molecular formula is C18H32N2O5S. The van der Waals surface area contributed by atoms with Crippen LogP contribution in [0.5, 0.6) is 0 Å². The molecule has 0 rings (SSSR count). The Morgan fingerprint density at radius 2 is 1.81 bits per heavy atom. The first-order valence-corrected chi connectivity index (χ1v) is 10.2. The molecule has 0 aliphatic carbocycles. The summed E-state index contributed by atoms with van der Waals surface area (Å²) in [5.74, 6) is 0.309. The molecule has 8 heteroatoms. The van der Waals surface area contributed by atoms with Crippen molar-refractivity contribution in [1.29, 1.82) is 0 Å². The predicted molar refractivity (Wildman–Crippen MR) is 105 cm³/mol. The summed E-state index contributed by atoms with van der Waals surface area (Å²) in [5.41, 5.74) is 5.70. The van der Waals surface area contributed by atoms with Crippen LogP contribution in [0.25, 0.3) is 0 Å². The van der Waals surface area contributed by atoms with Crippen molar-refractivity contribution in [1.82, 2.24) is 0 Å². The van der Waals surface area contributed by atoms with Crippen LogP contribution in [0.15, 0.2) is 17.0 Å². The number of nitrogens with two attached hydrogens (primary N) is 1.